The Labute approximate surface area is 133 Å². The first-order chi connectivity index (χ1) is 10.1. The van der Waals surface area contributed by atoms with E-state index in [9.17, 15) is 8.42 Å². The van der Waals surface area contributed by atoms with Crippen LogP contribution in [-0.2, 0) is 22.4 Å². The summed E-state index contributed by atoms with van der Waals surface area (Å²) in [5.74, 6) is 0.209. The molecule has 1 aliphatic rings. The van der Waals surface area contributed by atoms with Crippen molar-refractivity contribution in [1.29, 1.82) is 0 Å². The van der Waals surface area contributed by atoms with Gasteiger partial charge in [0.1, 0.15) is 5.75 Å². The highest BCUT2D eigenvalue weighted by Gasteiger charge is 2.20. The second-order valence-electron chi connectivity index (χ2n) is 6.92. The van der Waals surface area contributed by atoms with Gasteiger partial charge in [0.25, 0.3) is 0 Å². The lowest BCUT2D eigenvalue weighted by Crippen LogP contribution is -2.29. The van der Waals surface area contributed by atoms with E-state index in [-0.39, 0.29) is 11.2 Å². The van der Waals surface area contributed by atoms with E-state index >= 15 is 0 Å². The number of nitrogens with zero attached hydrogens (tertiary/aromatic N) is 1. The van der Waals surface area contributed by atoms with E-state index in [1.54, 1.807) is 6.07 Å². The number of hydrogen-bond donors (Lipinski definition) is 1. The molecule has 22 heavy (non-hydrogen) atoms. The van der Waals surface area contributed by atoms with Crippen LogP contribution in [0.15, 0.2) is 18.2 Å². The van der Waals surface area contributed by atoms with Crippen molar-refractivity contribution in [1.82, 2.24) is 4.90 Å². The van der Waals surface area contributed by atoms with Crippen molar-refractivity contribution in [2.24, 2.45) is 0 Å². The van der Waals surface area contributed by atoms with Crippen molar-refractivity contribution in [3.63, 3.8) is 0 Å². The fourth-order valence-corrected chi connectivity index (χ4v) is 3.11. The lowest BCUT2D eigenvalue weighted by molar-refractivity contribution is 0.219. The summed E-state index contributed by atoms with van der Waals surface area (Å²) in [6, 6.07) is 5.46. The van der Waals surface area contributed by atoms with Crippen molar-refractivity contribution in [2.75, 3.05) is 13.1 Å². The van der Waals surface area contributed by atoms with E-state index in [2.05, 4.69) is 25.7 Å². The first-order valence-corrected chi connectivity index (χ1v) is 9.04. The molecule has 0 atom stereocenters. The smallest absolute Gasteiger partial charge is 0.361 e. The summed E-state index contributed by atoms with van der Waals surface area (Å²) in [5, 5.41) is 0. The fourth-order valence-electron chi connectivity index (χ4n) is 2.72. The molecule has 0 unspecified atom stereocenters. The Kier molecular flexibility index (Phi) is 5.14. The van der Waals surface area contributed by atoms with Crippen LogP contribution in [0.3, 0.4) is 0 Å². The van der Waals surface area contributed by atoms with Gasteiger partial charge in [-0.15, -0.1) is 0 Å². The fraction of sp³-hybridized carbons (Fsp3) is 0.625. The molecule has 0 aliphatic carbocycles. The van der Waals surface area contributed by atoms with E-state index in [0.717, 1.165) is 37.1 Å². The van der Waals surface area contributed by atoms with Crippen LogP contribution in [-0.4, -0.2) is 31.0 Å². The lowest BCUT2D eigenvalue weighted by Gasteiger charge is -2.28. The van der Waals surface area contributed by atoms with Crippen molar-refractivity contribution >= 4 is 10.4 Å². The number of hydrogen-bond acceptors (Lipinski definition) is 4. The second-order valence-corrected chi connectivity index (χ2v) is 7.94. The molecule has 6 heteroatoms. The minimum absolute atomic E-state index is 0.0345. The van der Waals surface area contributed by atoms with Gasteiger partial charge >= 0.3 is 10.4 Å². The molecule has 124 valence electrons. The van der Waals surface area contributed by atoms with E-state index in [0.29, 0.717) is 6.54 Å². The Bertz CT molecular complexity index is 614. The molecule has 0 bridgehead atoms. The third-order valence-electron chi connectivity index (χ3n) is 3.96. The molecular formula is C16H25NO4S. The van der Waals surface area contributed by atoms with E-state index < -0.39 is 10.4 Å². The highest BCUT2D eigenvalue weighted by molar-refractivity contribution is 7.81. The maximum absolute atomic E-state index is 11.0. The minimum Gasteiger partial charge on any atom is -0.361 e. The zero-order valence-corrected chi connectivity index (χ0v) is 14.3. The highest BCUT2D eigenvalue weighted by atomic mass is 32.3. The summed E-state index contributed by atoms with van der Waals surface area (Å²) in [5.41, 5.74) is 1.88. The van der Waals surface area contributed by atoms with Gasteiger partial charge in [-0.25, -0.2) is 0 Å². The molecule has 5 nitrogen and oxygen atoms in total. The Morgan fingerprint density at radius 3 is 2.36 bits per heavy atom. The highest BCUT2D eigenvalue weighted by Crippen LogP contribution is 2.30. The van der Waals surface area contributed by atoms with Gasteiger partial charge in [0.2, 0.25) is 0 Å². The van der Waals surface area contributed by atoms with Crippen LogP contribution in [0.4, 0.5) is 0 Å². The van der Waals surface area contributed by atoms with Gasteiger partial charge < -0.3 is 4.18 Å². The first kappa shape index (κ1) is 17.2. The molecule has 2 rings (SSSR count). The molecule has 1 aromatic rings. The zero-order chi connectivity index (χ0) is 16.4. The second kappa shape index (κ2) is 6.56. The van der Waals surface area contributed by atoms with Crippen LogP contribution in [0, 0.1) is 0 Å². The van der Waals surface area contributed by atoms with Crippen LogP contribution in [0.1, 0.15) is 51.2 Å². The van der Waals surface area contributed by atoms with E-state index in [1.165, 1.54) is 6.42 Å². The quantitative estimate of drug-likeness (QED) is 0.861. The van der Waals surface area contributed by atoms with Crippen molar-refractivity contribution in [3.8, 4) is 5.75 Å². The molecule has 1 heterocycles. The number of likely N-dealkylation sites (tertiary alicyclic amines) is 1. The summed E-state index contributed by atoms with van der Waals surface area (Å²) in [6.07, 6.45) is 3.56. The Morgan fingerprint density at radius 1 is 1.18 bits per heavy atom. The van der Waals surface area contributed by atoms with Crippen molar-refractivity contribution in [3.05, 3.63) is 29.3 Å². The van der Waals surface area contributed by atoms with E-state index in [4.69, 9.17) is 8.74 Å². The summed E-state index contributed by atoms with van der Waals surface area (Å²) in [7, 11) is -4.51. The van der Waals surface area contributed by atoms with E-state index in [1.807, 2.05) is 12.1 Å². The third-order valence-corrected chi connectivity index (χ3v) is 4.35. The molecular weight excluding hydrogens is 302 g/mol. The Morgan fingerprint density at radius 2 is 1.82 bits per heavy atom. The van der Waals surface area contributed by atoms with Gasteiger partial charge in [0, 0.05) is 12.1 Å². The molecule has 0 saturated carbocycles. The normalized spacial score (nSPS) is 17.5. The maximum atomic E-state index is 11.0. The Hall–Kier alpha value is -1.11. The van der Waals surface area contributed by atoms with Crippen molar-refractivity contribution in [2.45, 2.75) is 52.0 Å². The standard InChI is InChI=1S/C16H25NO4S/c1-16(2,3)14-7-8-15(21-22(18,19)20)13(11-14)12-17-9-5-4-6-10-17/h7-8,11H,4-6,9-10,12H2,1-3H3,(H,18,19,20). The molecule has 1 aliphatic heterocycles. The number of benzene rings is 1. The average Bonchev–Trinajstić information content (AvgIpc) is 2.39. The molecule has 1 N–H and O–H groups in total. The summed E-state index contributed by atoms with van der Waals surface area (Å²) in [4.78, 5) is 2.29. The maximum Gasteiger partial charge on any atom is 0.446 e. The van der Waals surface area contributed by atoms with Crippen LogP contribution in [0.2, 0.25) is 0 Å². The van der Waals surface area contributed by atoms with Gasteiger partial charge in [-0.2, -0.15) is 8.42 Å². The first-order valence-electron chi connectivity index (χ1n) is 7.68. The molecule has 1 aromatic carbocycles. The van der Waals surface area contributed by atoms with Gasteiger partial charge in [0.05, 0.1) is 0 Å². The molecule has 1 fully saturated rings. The summed E-state index contributed by atoms with van der Waals surface area (Å²) < 4.78 is 35.8. The van der Waals surface area contributed by atoms with Gasteiger partial charge in [0.15, 0.2) is 0 Å². The number of piperidine rings is 1. The molecule has 0 spiro atoms. The van der Waals surface area contributed by atoms with Crippen LogP contribution < -0.4 is 4.18 Å². The van der Waals surface area contributed by atoms with Crippen LogP contribution in [0.5, 0.6) is 5.75 Å². The molecule has 0 aromatic heterocycles. The Balaban J connectivity index is 2.31. The number of rotatable bonds is 4. The lowest BCUT2D eigenvalue weighted by atomic mass is 9.86. The monoisotopic (exact) mass is 327 g/mol. The van der Waals surface area contributed by atoms with Gasteiger partial charge in [-0.1, -0.05) is 39.3 Å². The predicted molar refractivity (Wildman–Crippen MR) is 86.4 cm³/mol. The molecule has 1 saturated heterocycles. The summed E-state index contributed by atoms with van der Waals surface area (Å²) in [6.45, 7) is 8.97. The van der Waals surface area contributed by atoms with Crippen molar-refractivity contribution < 1.29 is 17.2 Å². The molecule has 0 amide bonds. The zero-order valence-electron chi connectivity index (χ0n) is 13.5. The van der Waals surface area contributed by atoms with Crippen LogP contribution in [0.25, 0.3) is 0 Å². The van der Waals surface area contributed by atoms with Crippen LogP contribution >= 0.6 is 0 Å². The molecule has 0 radical (unpaired) electrons. The minimum atomic E-state index is -4.51. The SMILES string of the molecule is CC(C)(C)c1ccc(OS(=O)(=O)O)c(CN2CCCCC2)c1. The third kappa shape index (κ3) is 4.97. The largest absolute Gasteiger partial charge is 0.446 e. The topological polar surface area (TPSA) is 66.8 Å². The average molecular weight is 327 g/mol. The summed E-state index contributed by atoms with van der Waals surface area (Å²) >= 11 is 0. The van der Waals surface area contributed by atoms with Gasteiger partial charge in [-0.05, 0) is 43.0 Å². The predicted octanol–water partition coefficient (Wildman–Crippen LogP) is 3.15. The van der Waals surface area contributed by atoms with Gasteiger partial charge in [-0.3, -0.25) is 9.45 Å².